The Morgan fingerprint density at radius 1 is 1.44 bits per heavy atom. The molecule has 0 unspecified atom stereocenters. The molecule has 0 aliphatic carbocycles. The molecule has 3 rings (SSSR count). The van der Waals surface area contributed by atoms with E-state index < -0.39 is 17.5 Å². The minimum Gasteiger partial charge on any atom is -0.302 e. The van der Waals surface area contributed by atoms with Crippen LogP contribution in [0.4, 0.5) is 8.78 Å². The van der Waals surface area contributed by atoms with Gasteiger partial charge in [-0.15, -0.1) is 6.42 Å². The van der Waals surface area contributed by atoms with E-state index in [1.165, 1.54) is 16.8 Å². The van der Waals surface area contributed by atoms with Crippen LogP contribution in [0.15, 0.2) is 29.4 Å². The van der Waals surface area contributed by atoms with Gasteiger partial charge in [0.15, 0.2) is 10.6 Å². The standard InChI is InChI=1S/C17H14F2N4OS/c1-4-7-22-15-12(19)8-11(18)9-14(15)25-17(22)21-16(24)13-5-6-20-23(13)10(2)3/h1,5-6,8-10H,7H2,2-3H3. The minimum absolute atomic E-state index is 0.0120. The first kappa shape index (κ1) is 17.0. The number of benzene rings is 1. The van der Waals surface area contributed by atoms with E-state index in [1.807, 2.05) is 13.8 Å². The van der Waals surface area contributed by atoms with Crippen LogP contribution in [-0.2, 0) is 6.54 Å². The predicted octanol–water partition coefficient (Wildman–Crippen LogP) is 3.13. The van der Waals surface area contributed by atoms with E-state index in [0.717, 1.165) is 17.4 Å². The van der Waals surface area contributed by atoms with Crippen LogP contribution in [-0.4, -0.2) is 20.3 Å². The number of thiazole rings is 1. The number of amides is 1. The van der Waals surface area contributed by atoms with E-state index in [-0.39, 0.29) is 22.9 Å². The van der Waals surface area contributed by atoms with Crippen LogP contribution in [0.1, 0.15) is 30.4 Å². The van der Waals surface area contributed by atoms with Crippen molar-refractivity contribution in [3.8, 4) is 12.3 Å². The van der Waals surface area contributed by atoms with Gasteiger partial charge in [-0.1, -0.05) is 17.3 Å². The van der Waals surface area contributed by atoms with Crippen molar-refractivity contribution >= 4 is 27.5 Å². The molecule has 0 fully saturated rings. The molecule has 0 spiro atoms. The molecule has 0 saturated heterocycles. The summed E-state index contributed by atoms with van der Waals surface area (Å²) in [6.07, 6.45) is 6.86. The second-order valence-electron chi connectivity index (χ2n) is 5.58. The van der Waals surface area contributed by atoms with Crippen LogP contribution >= 0.6 is 11.3 Å². The van der Waals surface area contributed by atoms with Gasteiger partial charge in [0.1, 0.15) is 11.5 Å². The Morgan fingerprint density at radius 3 is 2.88 bits per heavy atom. The largest absolute Gasteiger partial charge is 0.302 e. The van der Waals surface area contributed by atoms with E-state index in [9.17, 15) is 13.6 Å². The molecule has 0 saturated carbocycles. The topological polar surface area (TPSA) is 52.2 Å². The van der Waals surface area contributed by atoms with Crippen molar-refractivity contribution in [1.82, 2.24) is 14.3 Å². The molecule has 128 valence electrons. The third kappa shape index (κ3) is 3.10. The molecule has 1 amide bonds. The zero-order valence-corrected chi connectivity index (χ0v) is 14.3. The number of aromatic nitrogens is 3. The second-order valence-corrected chi connectivity index (χ2v) is 6.59. The average Bonchev–Trinajstić information content (AvgIpc) is 3.13. The van der Waals surface area contributed by atoms with Gasteiger partial charge in [-0.3, -0.25) is 9.48 Å². The summed E-state index contributed by atoms with van der Waals surface area (Å²) in [5.41, 5.74) is 0.444. The zero-order chi connectivity index (χ0) is 18.1. The smallest absolute Gasteiger partial charge is 0.297 e. The lowest BCUT2D eigenvalue weighted by atomic mass is 10.3. The number of rotatable bonds is 3. The number of halogens is 2. The first-order chi connectivity index (χ1) is 11.9. The van der Waals surface area contributed by atoms with Crippen molar-refractivity contribution in [2.24, 2.45) is 4.99 Å². The van der Waals surface area contributed by atoms with Gasteiger partial charge < -0.3 is 4.57 Å². The summed E-state index contributed by atoms with van der Waals surface area (Å²) in [4.78, 5) is 16.8. The molecule has 25 heavy (non-hydrogen) atoms. The third-order valence-corrected chi connectivity index (χ3v) is 4.55. The van der Waals surface area contributed by atoms with Crippen LogP contribution in [0.25, 0.3) is 10.2 Å². The van der Waals surface area contributed by atoms with E-state index in [2.05, 4.69) is 16.0 Å². The van der Waals surface area contributed by atoms with Crippen LogP contribution in [0.5, 0.6) is 0 Å². The molecule has 8 heteroatoms. The fourth-order valence-corrected chi connectivity index (χ4v) is 3.56. The fourth-order valence-electron chi connectivity index (χ4n) is 2.49. The van der Waals surface area contributed by atoms with Gasteiger partial charge in [-0.2, -0.15) is 10.1 Å². The zero-order valence-electron chi connectivity index (χ0n) is 13.5. The first-order valence-electron chi connectivity index (χ1n) is 7.46. The molecule has 0 aliphatic rings. The molecule has 0 radical (unpaired) electrons. The monoisotopic (exact) mass is 360 g/mol. The number of fused-ring (bicyclic) bond motifs is 1. The van der Waals surface area contributed by atoms with Crippen molar-refractivity contribution in [2.75, 3.05) is 0 Å². The number of nitrogens with zero attached hydrogens (tertiary/aromatic N) is 4. The molecule has 0 bridgehead atoms. The Morgan fingerprint density at radius 2 is 2.20 bits per heavy atom. The van der Waals surface area contributed by atoms with Crippen molar-refractivity contribution in [2.45, 2.75) is 26.4 Å². The van der Waals surface area contributed by atoms with Gasteiger partial charge in [0.25, 0.3) is 5.91 Å². The fraction of sp³-hybridized carbons (Fsp3) is 0.235. The lowest BCUT2D eigenvalue weighted by Crippen LogP contribution is -2.19. The Labute approximate surface area is 146 Å². The predicted molar refractivity (Wildman–Crippen MR) is 91.1 cm³/mol. The first-order valence-corrected chi connectivity index (χ1v) is 8.28. The number of hydrogen-bond acceptors (Lipinski definition) is 3. The molecular formula is C17H14F2N4OS. The van der Waals surface area contributed by atoms with Crippen molar-refractivity contribution in [1.29, 1.82) is 0 Å². The molecule has 5 nitrogen and oxygen atoms in total. The Balaban J connectivity index is 2.21. The van der Waals surface area contributed by atoms with Crippen LogP contribution < -0.4 is 4.80 Å². The van der Waals surface area contributed by atoms with Gasteiger partial charge >= 0.3 is 0 Å². The lowest BCUT2D eigenvalue weighted by Gasteiger charge is -2.07. The summed E-state index contributed by atoms with van der Waals surface area (Å²) in [5, 5.41) is 4.10. The second kappa shape index (κ2) is 6.61. The number of hydrogen-bond donors (Lipinski definition) is 0. The van der Waals surface area contributed by atoms with Crippen LogP contribution in [0.2, 0.25) is 0 Å². The molecule has 0 atom stereocenters. The van der Waals surface area contributed by atoms with Crippen LogP contribution in [0, 0.1) is 24.0 Å². The molecular weight excluding hydrogens is 346 g/mol. The summed E-state index contributed by atoms with van der Waals surface area (Å²) in [7, 11) is 0. The van der Waals surface area contributed by atoms with Crippen LogP contribution in [0.3, 0.4) is 0 Å². The van der Waals surface area contributed by atoms with E-state index >= 15 is 0 Å². The highest BCUT2D eigenvalue weighted by Gasteiger charge is 2.16. The summed E-state index contributed by atoms with van der Waals surface area (Å²) >= 11 is 1.00. The van der Waals surface area contributed by atoms with Gasteiger partial charge in [-0.25, -0.2) is 8.78 Å². The summed E-state index contributed by atoms with van der Waals surface area (Å²) in [5.74, 6) is 0.432. The van der Waals surface area contributed by atoms with Gasteiger partial charge in [-0.05, 0) is 26.0 Å². The molecule has 3 aromatic rings. The third-order valence-electron chi connectivity index (χ3n) is 3.52. The van der Waals surface area contributed by atoms with E-state index in [4.69, 9.17) is 6.42 Å². The Kier molecular flexibility index (Phi) is 4.51. The highest BCUT2D eigenvalue weighted by atomic mass is 32.1. The number of carbonyl (C=O) groups excluding carboxylic acids is 1. The van der Waals surface area contributed by atoms with Crippen molar-refractivity contribution in [3.05, 3.63) is 46.5 Å². The number of carbonyl (C=O) groups is 1. The van der Waals surface area contributed by atoms with Gasteiger partial charge in [0.05, 0.1) is 16.8 Å². The highest BCUT2D eigenvalue weighted by molar-refractivity contribution is 7.16. The molecule has 2 heterocycles. The average molecular weight is 360 g/mol. The lowest BCUT2D eigenvalue weighted by molar-refractivity contribution is 0.0986. The van der Waals surface area contributed by atoms with Crippen molar-refractivity contribution < 1.29 is 13.6 Å². The highest BCUT2D eigenvalue weighted by Crippen LogP contribution is 2.22. The SMILES string of the molecule is C#CCn1c(=NC(=O)c2ccnn2C(C)C)sc2cc(F)cc(F)c21. The Hall–Kier alpha value is -2.79. The van der Waals surface area contributed by atoms with E-state index in [1.54, 1.807) is 10.7 Å². The summed E-state index contributed by atoms with van der Waals surface area (Å²) in [6.45, 7) is 3.79. The number of terminal acetylenes is 1. The molecule has 0 aliphatic heterocycles. The maximum Gasteiger partial charge on any atom is 0.297 e. The summed E-state index contributed by atoms with van der Waals surface area (Å²) in [6, 6.07) is 3.51. The van der Waals surface area contributed by atoms with Gasteiger partial charge in [0.2, 0.25) is 0 Å². The Bertz CT molecular complexity index is 1070. The maximum atomic E-state index is 14.2. The molecule has 1 aromatic carbocycles. The quantitative estimate of drug-likeness (QED) is 0.674. The minimum atomic E-state index is -0.748. The maximum absolute atomic E-state index is 14.2. The normalized spacial score (nSPS) is 12.1. The molecule has 2 aromatic heterocycles. The van der Waals surface area contributed by atoms with Gasteiger partial charge in [0, 0.05) is 18.3 Å². The summed E-state index contributed by atoms with van der Waals surface area (Å²) < 4.78 is 30.9. The molecule has 0 N–H and O–H groups in total. The van der Waals surface area contributed by atoms with Crippen molar-refractivity contribution in [3.63, 3.8) is 0 Å². The van der Waals surface area contributed by atoms with E-state index in [0.29, 0.717) is 10.4 Å².